The predicted molar refractivity (Wildman–Crippen MR) is 52.5 cm³/mol. The highest BCUT2D eigenvalue weighted by molar-refractivity contribution is 5.66. The molecule has 0 aromatic heterocycles. The molecule has 3 aliphatic carbocycles. The van der Waals surface area contributed by atoms with Crippen molar-refractivity contribution in [2.75, 3.05) is 0 Å². The second kappa shape index (κ2) is 2.85. The minimum absolute atomic E-state index is 0.110. The zero-order chi connectivity index (χ0) is 9.71. The van der Waals surface area contributed by atoms with E-state index in [4.69, 9.17) is 4.74 Å². The van der Waals surface area contributed by atoms with Gasteiger partial charge in [0.25, 0.3) is 0 Å². The Labute approximate surface area is 84.3 Å². The Balaban J connectivity index is 1.76. The third-order valence-corrected chi connectivity index (χ3v) is 4.27. The van der Waals surface area contributed by atoms with Crippen molar-refractivity contribution in [3.05, 3.63) is 12.2 Å². The Morgan fingerprint density at radius 1 is 1.36 bits per heavy atom. The van der Waals surface area contributed by atoms with Gasteiger partial charge >= 0.3 is 5.97 Å². The van der Waals surface area contributed by atoms with Crippen LogP contribution in [-0.2, 0) is 9.53 Å². The molecule has 0 aromatic rings. The van der Waals surface area contributed by atoms with E-state index in [1.807, 2.05) is 0 Å². The lowest BCUT2D eigenvalue weighted by Crippen LogP contribution is -2.31. The van der Waals surface area contributed by atoms with Gasteiger partial charge < -0.3 is 4.74 Å². The number of carbonyl (C=O) groups is 1. The van der Waals surface area contributed by atoms with Crippen molar-refractivity contribution in [1.82, 2.24) is 0 Å². The number of ether oxygens (including phenoxy) is 1. The molecule has 2 nitrogen and oxygen atoms in total. The molecule has 5 atom stereocenters. The Kier molecular flexibility index (Phi) is 1.73. The van der Waals surface area contributed by atoms with Gasteiger partial charge in [0.05, 0.1) is 0 Å². The number of esters is 1. The van der Waals surface area contributed by atoms with Crippen LogP contribution in [-0.4, -0.2) is 12.1 Å². The van der Waals surface area contributed by atoms with Crippen molar-refractivity contribution in [2.45, 2.75) is 32.3 Å². The van der Waals surface area contributed by atoms with Crippen molar-refractivity contribution in [3.63, 3.8) is 0 Å². The van der Waals surface area contributed by atoms with E-state index < -0.39 is 0 Å². The summed E-state index contributed by atoms with van der Waals surface area (Å²) in [6.45, 7) is 1.52. The first kappa shape index (κ1) is 8.51. The fourth-order valence-electron chi connectivity index (χ4n) is 3.83. The van der Waals surface area contributed by atoms with Gasteiger partial charge in [-0.15, -0.1) is 0 Å². The first-order chi connectivity index (χ1) is 6.75. The first-order valence-electron chi connectivity index (χ1n) is 5.59. The predicted octanol–water partition coefficient (Wildman–Crippen LogP) is 2.15. The van der Waals surface area contributed by atoms with Gasteiger partial charge in [-0.25, -0.2) is 0 Å². The van der Waals surface area contributed by atoms with E-state index in [1.165, 1.54) is 19.8 Å². The fourth-order valence-corrected chi connectivity index (χ4v) is 3.83. The molecule has 0 unspecified atom stereocenters. The molecule has 0 aromatic carbocycles. The van der Waals surface area contributed by atoms with Crippen molar-refractivity contribution in [1.29, 1.82) is 0 Å². The molecule has 2 fully saturated rings. The molecule has 3 aliphatic rings. The normalized spacial score (nSPS) is 48.2. The highest BCUT2D eigenvalue weighted by Crippen LogP contribution is 2.57. The topological polar surface area (TPSA) is 26.3 Å². The number of hydrogen-bond acceptors (Lipinski definition) is 2. The molecule has 2 saturated carbocycles. The molecule has 14 heavy (non-hydrogen) atoms. The molecule has 0 amide bonds. The molecular weight excluding hydrogens is 176 g/mol. The van der Waals surface area contributed by atoms with Crippen molar-refractivity contribution in [3.8, 4) is 0 Å². The Hall–Kier alpha value is -0.790. The molecule has 0 spiro atoms. The van der Waals surface area contributed by atoms with Crippen molar-refractivity contribution < 1.29 is 9.53 Å². The van der Waals surface area contributed by atoms with E-state index in [9.17, 15) is 4.79 Å². The lowest BCUT2D eigenvalue weighted by atomic mass is 9.80. The highest BCUT2D eigenvalue weighted by atomic mass is 16.5. The van der Waals surface area contributed by atoms with E-state index in [2.05, 4.69) is 12.2 Å². The van der Waals surface area contributed by atoms with Gasteiger partial charge in [0.2, 0.25) is 0 Å². The van der Waals surface area contributed by atoms with E-state index in [0.717, 1.165) is 24.2 Å². The third-order valence-electron chi connectivity index (χ3n) is 4.27. The lowest BCUT2D eigenvalue weighted by Gasteiger charge is -2.30. The molecule has 2 bridgehead atoms. The molecule has 0 heterocycles. The smallest absolute Gasteiger partial charge is 0.302 e. The molecule has 2 heteroatoms. The Morgan fingerprint density at radius 2 is 2.21 bits per heavy atom. The molecule has 0 N–H and O–H groups in total. The molecule has 76 valence electrons. The maximum Gasteiger partial charge on any atom is 0.302 e. The average molecular weight is 192 g/mol. The van der Waals surface area contributed by atoms with E-state index >= 15 is 0 Å². The van der Waals surface area contributed by atoms with Gasteiger partial charge in [-0.3, -0.25) is 4.79 Å². The van der Waals surface area contributed by atoms with E-state index in [1.54, 1.807) is 0 Å². The van der Waals surface area contributed by atoms with Crippen LogP contribution < -0.4 is 0 Å². The van der Waals surface area contributed by atoms with Gasteiger partial charge in [0, 0.05) is 12.8 Å². The SMILES string of the molecule is CC(=O)O[C@@H]1C[C@@H]2C[C@@H]1[C@H]1C=CC[C@@H]21. The Bertz CT molecular complexity index is 295. The van der Waals surface area contributed by atoms with Crippen LogP contribution in [0.2, 0.25) is 0 Å². The number of fused-ring (bicyclic) bond motifs is 5. The maximum atomic E-state index is 10.9. The third kappa shape index (κ3) is 1.06. The van der Waals surface area contributed by atoms with Crippen LogP contribution in [0, 0.1) is 23.7 Å². The molecule has 3 rings (SSSR count). The second-order valence-corrected chi connectivity index (χ2v) is 4.95. The number of allylic oxidation sites excluding steroid dienone is 2. The summed E-state index contributed by atoms with van der Waals surface area (Å²) in [6, 6.07) is 0. The molecule has 0 radical (unpaired) electrons. The maximum absolute atomic E-state index is 10.9. The van der Waals surface area contributed by atoms with Crippen molar-refractivity contribution in [2.24, 2.45) is 23.7 Å². The van der Waals surface area contributed by atoms with Crippen LogP contribution in [0.4, 0.5) is 0 Å². The summed E-state index contributed by atoms with van der Waals surface area (Å²) in [4.78, 5) is 10.9. The summed E-state index contributed by atoms with van der Waals surface area (Å²) in [5.41, 5.74) is 0. The summed E-state index contributed by atoms with van der Waals surface area (Å²) < 4.78 is 5.38. The zero-order valence-corrected chi connectivity index (χ0v) is 8.48. The van der Waals surface area contributed by atoms with Crippen LogP contribution in [0.25, 0.3) is 0 Å². The molecule has 0 aliphatic heterocycles. The van der Waals surface area contributed by atoms with Gasteiger partial charge in [-0.1, -0.05) is 12.2 Å². The summed E-state index contributed by atoms with van der Waals surface area (Å²) in [7, 11) is 0. The largest absolute Gasteiger partial charge is 0.462 e. The van der Waals surface area contributed by atoms with Gasteiger partial charge in [-0.05, 0) is 37.0 Å². The highest BCUT2D eigenvalue weighted by Gasteiger charge is 2.53. The monoisotopic (exact) mass is 192 g/mol. The van der Waals surface area contributed by atoms with Crippen LogP contribution in [0.3, 0.4) is 0 Å². The minimum Gasteiger partial charge on any atom is -0.462 e. The van der Waals surface area contributed by atoms with Crippen LogP contribution >= 0.6 is 0 Å². The quantitative estimate of drug-likeness (QED) is 0.470. The summed E-state index contributed by atoms with van der Waals surface area (Å²) in [5.74, 6) is 2.95. The number of hydrogen-bond donors (Lipinski definition) is 0. The van der Waals surface area contributed by atoms with Crippen LogP contribution in [0.15, 0.2) is 12.2 Å². The number of rotatable bonds is 1. The van der Waals surface area contributed by atoms with E-state index in [-0.39, 0.29) is 12.1 Å². The minimum atomic E-state index is -0.110. The van der Waals surface area contributed by atoms with Crippen molar-refractivity contribution >= 4 is 5.97 Å². The average Bonchev–Trinajstić information content (AvgIpc) is 2.68. The first-order valence-corrected chi connectivity index (χ1v) is 5.59. The van der Waals surface area contributed by atoms with Crippen LogP contribution in [0.1, 0.15) is 26.2 Å². The summed E-state index contributed by atoms with van der Waals surface area (Å²) in [5, 5.41) is 0. The van der Waals surface area contributed by atoms with Gasteiger partial charge in [-0.2, -0.15) is 0 Å². The lowest BCUT2D eigenvalue weighted by molar-refractivity contribution is -0.149. The van der Waals surface area contributed by atoms with Crippen LogP contribution in [0.5, 0.6) is 0 Å². The number of carbonyl (C=O) groups excluding carboxylic acids is 1. The second-order valence-electron chi connectivity index (χ2n) is 4.95. The standard InChI is InChI=1S/C12H16O2/c1-7(13)14-12-6-8-5-11(12)10-4-2-3-9(8)10/h2,4,8-12H,3,5-6H2,1H3/t8-,9-,10-,11+,12+/m0/s1. The van der Waals surface area contributed by atoms with Gasteiger partial charge in [0.1, 0.15) is 6.10 Å². The zero-order valence-electron chi connectivity index (χ0n) is 8.48. The fraction of sp³-hybridized carbons (Fsp3) is 0.750. The van der Waals surface area contributed by atoms with E-state index in [0.29, 0.717) is 5.92 Å². The molecular formula is C12H16O2. The summed E-state index contributed by atoms with van der Waals surface area (Å²) >= 11 is 0. The Morgan fingerprint density at radius 3 is 3.00 bits per heavy atom. The van der Waals surface area contributed by atoms with Gasteiger partial charge in [0.15, 0.2) is 0 Å². The summed E-state index contributed by atoms with van der Waals surface area (Å²) in [6.07, 6.45) is 8.56. The molecule has 0 saturated heterocycles.